The summed E-state index contributed by atoms with van der Waals surface area (Å²) in [5.74, 6) is 5.50. The van der Waals surface area contributed by atoms with Crippen LogP contribution >= 0.6 is 0 Å². The Bertz CT molecular complexity index is 235. The van der Waals surface area contributed by atoms with Gasteiger partial charge in [0.15, 0.2) is 0 Å². The van der Waals surface area contributed by atoms with E-state index in [-0.39, 0.29) is 0 Å². The van der Waals surface area contributed by atoms with Gasteiger partial charge < -0.3 is 0 Å². The molecule has 0 aliphatic carbocycles. The highest BCUT2D eigenvalue weighted by Gasteiger charge is 2.05. The minimum absolute atomic E-state index is 0.866. The minimum Gasteiger partial charge on any atom is -0.0654 e. The third kappa shape index (κ3) is 32.9. The lowest BCUT2D eigenvalue weighted by Crippen LogP contribution is -2.04. The molecule has 0 heterocycles. The Hall–Kier alpha value is 0. The summed E-state index contributed by atoms with van der Waals surface area (Å²) in [7, 11) is 0. The Balaban J connectivity index is -0.000000144. The third-order valence-corrected chi connectivity index (χ3v) is 7.00. The van der Waals surface area contributed by atoms with Crippen molar-refractivity contribution in [2.24, 2.45) is 35.5 Å². The van der Waals surface area contributed by atoms with Crippen molar-refractivity contribution in [2.45, 2.75) is 155 Å². The van der Waals surface area contributed by atoms with E-state index in [9.17, 15) is 0 Å². The van der Waals surface area contributed by atoms with Gasteiger partial charge in [-0.1, -0.05) is 155 Å². The number of hydrogen-bond acceptors (Lipinski definition) is 0. The second-order valence-corrected chi connectivity index (χ2v) is 10.0. The van der Waals surface area contributed by atoms with Crippen molar-refractivity contribution in [3.63, 3.8) is 0 Å². The van der Waals surface area contributed by atoms with Gasteiger partial charge in [0.1, 0.15) is 0 Å². The van der Waals surface area contributed by atoms with Gasteiger partial charge >= 0.3 is 0 Å². The van der Waals surface area contributed by atoms with Crippen molar-refractivity contribution >= 4 is 0 Å². The van der Waals surface area contributed by atoms with Crippen LogP contribution in [0, 0.1) is 35.5 Å². The Labute approximate surface area is 190 Å². The second kappa shape index (κ2) is 28.0. The van der Waals surface area contributed by atoms with Gasteiger partial charge in [-0.3, -0.25) is 0 Å². The topological polar surface area (TPSA) is 0 Å². The molecule has 0 fully saturated rings. The number of rotatable bonds is 11. The Morgan fingerprint density at radius 3 is 0.724 bits per heavy atom. The fourth-order valence-electron chi connectivity index (χ4n) is 2.67. The first-order valence-electron chi connectivity index (χ1n) is 13.5. The van der Waals surface area contributed by atoms with Crippen LogP contribution < -0.4 is 0 Å². The first-order valence-corrected chi connectivity index (χ1v) is 13.5. The van der Waals surface area contributed by atoms with Crippen molar-refractivity contribution in [3.05, 3.63) is 0 Å². The maximum atomic E-state index is 2.33. The van der Waals surface area contributed by atoms with Gasteiger partial charge in [0, 0.05) is 0 Å². The van der Waals surface area contributed by atoms with Crippen LogP contribution in [0.25, 0.3) is 0 Å². The van der Waals surface area contributed by atoms with Crippen LogP contribution in [-0.2, 0) is 0 Å². The van der Waals surface area contributed by atoms with E-state index in [0.717, 1.165) is 35.5 Å². The molecule has 0 heteroatoms. The minimum atomic E-state index is 0.866. The Morgan fingerprint density at radius 1 is 0.379 bits per heavy atom. The van der Waals surface area contributed by atoms with Gasteiger partial charge in [0.2, 0.25) is 0 Å². The van der Waals surface area contributed by atoms with Crippen LogP contribution in [0.3, 0.4) is 0 Å². The van der Waals surface area contributed by atoms with Crippen LogP contribution in [0.1, 0.15) is 155 Å². The molecule has 0 amide bonds. The fraction of sp³-hybridized carbons (Fsp3) is 1.00. The van der Waals surface area contributed by atoms with Crippen molar-refractivity contribution < 1.29 is 0 Å². The normalized spacial score (nSPS) is 15.4. The standard InChI is InChI=1S/C8H18.3C7H16/c1-5-7(3)8(4)6-2;1-5-7(4)6(2)3;2*1-4-6-7(3)5-2/h7-8H,5-6H2,1-4H3;6-7H,5H2,1-4H3;2*7H,4-6H2,1-3H3. The maximum absolute atomic E-state index is 2.33. The van der Waals surface area contributed by atoms with Crippen molar-refractivity contribution in [1.82, 2.24) is 0 Å². The molecule has 0 spiro atoms. The van der Waals surface area contributed by atoms with E-state index >= 15 is 0 Å². The van der Waals surface area contributed by atoms with E-state index in [1.807, 2.05) is 0 Å². The molecular weight excluding hydrogens is 348 g/mol. The molecule has 0 aliphatic heterocycles. The third-order valence-electron chi connectivity index (χ3n) is 7.00. The molecule has 0 aromatic rings. The fourth-order valence-corrected chi connectivity index (χ4v) is 2.67. The molecule has 29 heavy (non-hydrogen) atoms. The first kappa shape index (κ1) is 36.4. The molecule has 0 rings (SSSR count). The molecule has 182 valence electrons. The molecule has 5 atom stereocenters. The van der Waals surface area contributed by atoms with Crippen molar-refractivity contribution in [3.8, 4) is 0 Å². The quantitative estimate of drug-likeness (QED) is 0.315. The SMILES string of the molecule is CCC(C)C(C)C.CCC(C)C(C)CC.CCCC(C)CC.CCCC(C)CC. The molecule has 0 aromatic heterocycles. The molecule has 0 saturated carbocycles. The monoisotopic (exact) mass is 415 g/mol. The van der Waals surface area contributed by atoms with Gasteiger partial charge in [0.05, 0.1) is 0 Å². The first-order chi connectivity index (χ1) is 13.5. The van der Waals surface area contributed by atoms with Gasteiger partial charge in [-0.05, 0) is 35.5 Å². The van der Waals surface area contributed by atoms with Crippen LogP contribution in [-0.4, -0.2) is 0 Å². The second-order valence-electron chi connectivity index (χ2n) is 10.0. The molecular formula is C29H66. The Morgan fingerprint density at radius 2 is 0.655 bits per heavy atom. The van der Waals surface area contributed by atoms with Crippen LogP contribution in [0.2, 0.25) is 0 Å². The lowest BCUT2D eigenvalue weighted by Gasteiger charge is -2.14. The van der Waals surface area contributed by atoms with Gasteiger partial charge in [-0.2, -0.15) is 0 Å². The smallest absolute Gasteiger partial charge is 0.0420 e. The molecule has 0 nitrogen and oxygen atoms in total. The van der Waals surface area contributed by atoms with Crippen LogP contribution in [0.5, 0.6) is 0 Å². The molecule has 0 bridgehead atoms. The summed E-state index contributed by atoms with van der Waals surface area (Å²) in [6.45, 7) is 31.9. The number of hydrogen-bond donors (Lipinski definition) is 0. The molecule has 0 aliphatic rings. The van der Waals surface area contributed by atoms with Crippen LogP contribution in [0.4, 0.5) is 0 Å². The van der Waals surface area contributed by atoms with E-state index in [1.54, 1.807) is 0 Å². The summed E-state index contributed by atoms with van der Waals surface area (Å²) in [6, 6.07) is 0. The lowest BCUT2D eigenvalue weighted by molar-refractivity contribution is 0.367. The zero-order chi connectivity index (χ0) is 23.8. The highest BCUT2D eigenvalue weighted by molar-refractivity contribution is 4.56. The zero-order valence-electron chi connectivity index (χ0n) is 23.8. The summed E-state index contributed by atoms with van der Waals surface area (Å²) in [5.41, 5.74) is 0. The largest absolute Gasteiger partial charge is 0.0654 e. The molecule has 0 N–H and O–H groups in total. The van der Waals surface area contributed by atoms with E-state index in [1.165, 1.54) is 57.8 Å². The maximum Gasteiger partial charge on any atom is -0.0420 e. The summed E-state index contributed by atoms with van der Waals surface area (Å²) in [6.07, 6.45) is 12.1. The highest BCUT2D eigenvalue weighted by atomic mass is 14.1. The van der Waals surface area contributed by atoms with Gasteiger partial charge in [-0.25, -0.2) is 0 Å². The average molecular weight is 415 g/mol. The Kier molecular flexibility index (Phi) is 35.1. The van der Waals surface area contributed by atoms with Crippen molar-refractivity contribution in [2.75, 3.05) is 0 Å². The van der Waals surface area contributed by atoms with E-state index in [0.29, 0.717) is 0 Å². The summed E-state index contributed by atoms with van der Waals surface area (Å²) in [4.78, 5) is 0. The van der Waals surface area contributed by atoms with Gasteiger partial charge in [-0.15, -0.1) is 0 Å². The molecule has 0 saturated heterocycles. The molecule has 0 radical (unpaired) electrons. The van der Waals surface area contributed by atoms with E-state index in [4.69, 9.17) is 0 Å². The predicted octanol–water partition coefficient (Wildman–Crippen LogP) is 11.4. The highest BCUT2D eigenvalue weighted by Crippen LogP contribution is 2.16. The van der Waals surface area contributed by atoms with E-state index < -0.39 is 0 Å². The molecule has 5 unspecified atom stereocenters. The lowest BCUT2D eigenvalue weighted by atomic mass is 9.92. The predicted molar refractivity (Wildman–Crippen MR) is 142 cm³/mol. The summed E-state index contributed by atoms with van der Waals surface area (Å²) >= 11 is 0. The van der Waals surface area contributed by atoms with E-state index in [2.05, 4.69) is 96.9 Å². The average Bonchev–Trinajstić information content (AvgIpc) is 2.73. The van der Waals surface area contributed by atoms with Crippen molar-refractivity contribution in [1.29, 1.82) is 0 Å². The summed E-state index contributed by atoms with van der Waals surface area (Å²) in [5, 5.41) is 0. The van der Waals surface area contributed by atoms with Gasteiger partial charge in [0.25, 0.3) is 0 Å². The van der Waals surface area contributed by atoms with Crippen LogP contribution in [0.15, 0.2) is 0 Å². The summed E-state index contributed by atoms with van der Waals surface area (Å²) < 4.78 is 0. The molecule has 0 aromatic carbocycles. The zero-order valence-corrected chi connectivity index (χ0v) is 23.8.